The fourth-order valence-corrected chi connectivity index (χ4v) is 2.42. The quantitative estimate of drug-likeness (QED) is 0.710. The van der Waals surface area contributed by atoms with Gasteiger partial charge in [-0.3, -0.25) is 0 Å². The molecule has 0 saturated heterocycles. The topological polar surface area (TPSA) is 12.0 Å². The highest BCUT2D eigenvalue weighted by atomic mass is 19.1. The molecule has 0 amide bonds. The Kier molecular flexibility index (Phi) is 4.76. The lowest BCUT2D eigenvalue weighted by Gasteiger charge is -2.19. The van der Waals surface area contributed by atoms with Gasteiger partial charge >= 0.3 is 0 Å². The Morgan fingerprint density at radius 2 is 1.89 bits per heavy atom. The van der Waals surface area contributed by atoms with Crippen LogP contribution in [0.2, 0.25) is 0 Å². The smallest absolute Gasteiger partial charge is 0.123 e. The Balaban J connectivity index is 1.86. The molecule has 1 aliphatic rings. The first-order chi connectivity index (χ1) is 8.66. The summed E-state index contributed by atoms with van der Waals surface area (Å²) in [7, 11) is 0. The monoisotopic (exact) mass is 249 g/mol. The van der Waals surface area contributed by atoms with E-state index in [0.717, 1.165) is 18.4 Å². The van der Waals surface area contributed by atoms with E-state index in [-0.39, 0.29) is 5.82 Å². The van der Waals surface area contributed by atoms with Crippen LogP contribution < -0.4 is 5.32 Å². The van der Waals surface area contributed by atoms with Gasteiger partial charge in [-0.1, -0.05) is 26.0 Å². The van der Waals surface area contributed by atoms with Crippen LogP contribution in [0.1, 0.15) is 51.1 Å². The maximum Gasteiger partial charge on any atom is 0.123 e. The van der Waals surface area contributed by atoms with Crippen LogP contribution in [0, 0.1) is 17.7 Å². The van der Waals surface area contributed by atoms with Gasteiger partial charge in [0.2, 0.25) is 0 Å². The van der Waals surface area contributed by atoms with Gasteiger partial charge in [0.05, 0.1) is 0 Å². The van der Waals surface area contributed by atoms with Crippen LogP contribution in [0.25, 0.3) is 0 Å². The van der Waals surface area contributed by atoms with Crippen molar-refractivity contribution in [2.24, 2.45) is 11.8 Å². The maximum absolute atomic E-state index is 12.9. The Hall–Kier alpha value is -0.890. The first-order valence-corrected chi connectivity index (χ1v) is 7.15. The molecule has 1 unspecified atom stereocenters. The molecule has 1 N–H and O–H groups in total. The highest BCUT2D eigenvalue weighted by molar-refractivity contribution is 5.21. The lowest BCUT2D eigenvalue weighted by molar-refractivity contribution is 0.450. The summed E-state index contributed by atoms with van der Waals surface area (Å²) < 4.78 is 12.9. The molecule has 18 heavy (non-hydrogen) atoms. The second kappa shape index (κ2) is 6.33. The number of rotatable bonds is 7. The van der Waals surface area contributed by atoms with Crippen molar-refractivity contribution in [2.45, 2.75) is 45.6 Å². The SMILES string of the molecule is CC(C)CCCNC(c1ccc(F)cc1)C1CC1. The number of hydrogen-bond donors (Lipinski definition) is 1. The molecule has 1 saturated carbocycles. The molecule has 0 radical (unpaired) electrons. The Morgan fingerprint density at radius 3 is 2.44 bits per heavy atom. The van der Waals surface area contributed by atoms with Crippen molar-refractivity contribution in [2.75, 3.05) is 6.54 Å². The van der Waals surface area contributed by atoms with Gasteiger partial charge in [0, 0.05) is 6.04 Å². The molecule has 1 aromatic rings. The summed E-state index contributed by atoms with van der Waals surface area (Å²) in [5, 5.41) is 3.65. The molecule has 0 heterocycles. The molecule has 0 aromatic heterocycles. The largest absolute Gasteiger partial charge is 0.310 e. The van der Waals surface area contributed by atoms with Crippen LogP contribution in [0.3, 0.4) is 0 Å². The zero-order valence-corrected chi connectivity index (χ0v) is 11.5. The van der Waals surface area contributed by atoms with E-state index < -0.39 is 0 Å². The third-order valence-corrected chi connectivity index (χ3v) is 3.65. The van der Waals surface area contributed by atoms with Gasteiger partial charge in [0.25, 0.3) is 0 Å². The summed E-state index contributed by atoms with van der Waals surface area (Å²) in [6.45, 7) is 5.59. The third kappa shape index (κ3) is 4.09. The van der Waals surface area contributed by atoms with Crippen LogP contribution in [0.5, 0.6) is 0 Å². The average Bonchev–Trinajstić information content (AvgIpc) is 3.15. The van der Waals surface area contributed by atoms with E-state index in [1.54, 1.807) is 12.1 Å². The van der Waals surface area contributed by atoms with Crippen molar-refractivity contribution < 1.29 is 4.39 Å². The molecular formula is C16H24FN. The number of hydrogen-bond acceptors (Lipinski definition) is 1. The molecule has 0 bridgehead atoms. The Bertz CT molecular complexity index is 354. The van der Waals surface area contributed by atoms with Crippen molar-refractivity contribution in [3.8, 4) is 0 Å². The molecule has 1 fully saturated rings. The molecule has 1 aromatic carbocycles. The minimum atomic E-state index is -0.145. The van der Waals surface area contributed by atoms with E-state index in [2.05, 4.69) is 19.2 Å². The molecule has 0 spiro atoms. The van der Waals surface area contributed by atoms with Gasteiger partial charge in [-0.15, -0.1) is 0 Å². The normalized spacial score (nSPS) is 17.1. The van der Waals surface area contributed by atoms with E-state index in [4.69, 9.17) is 0 Å². The summed E-state index contributed by atoms with van der Waals surface area (Å²) in [6.07, 6.45) is 5.11. The molecule has 2 heteroatoms. The predicted octanol–water partition coefficient (Wildman–Crippen LogP) is 4.30. The van der Waals surface area contributed by atoms with E-state index in [1.807, 2.05) is 12.1 Å². The van der Waals surface area contributed by atoms with Crippen LogP contribution >= 0.6 is 0 Å². The van der Waals surface area contributed by atoms with E-state index in [1.165, 1.54) is 31.2 Å². The molecule has 1 nitrogen and oxygen atoms in total. The van der Waals surface area contributed by atoms with Gasteiger partial charge in [0.15, 0.2) is 0 Å². The van der Waals surface area contributed by atoms with Gasteiger partial charge in [-0.2, -0.15) is 0 Å². The number of nitrogens with one attached hydrogen (secondary N) is 1. The summed E-state index contributed by atoms with van der Waals surface area (Å²) in [5.74, 6) is 1.39. The zero-order valence-electron chi connectivity index (χ0n) is 11.5. The Morgan fingerprint density at radius 1 is 1.22 bits per heavy atom. The predicted molar refractivity (Wildman–Crippen MR) is 73.9 cm³/mol. The lowest BCUT2D eigenvalue weighted by atomic mass is 10.0. The van der Waals surface area contributed by atoms with Crippen molar-refractivity contribution in [1.82, 2.24) is 5.32 Å². The molecule has 2 rings (SSSR count). The minimum absolute atomic E-state index is 0.145. The van der Waals surface area contributed by atoms with Gasteiger partial charge < -0.3 is 5.32 Å². The van der Waals surface area contributed by atoms with Crippen LogP contribution in [0.4, 0.5) is 4.39 Å². The summed E-state index contributed by atoms with van der Waals surface area (Å²) >= 11 is 0. The maximum atomic E-state index is 12.9. The molecule has 100 valence electrons. The average molecular weight is 249 g/mol. The number of halogens is 1. The van der Waals surface area contributed by atoms with Crippen LogP contribution in [0.15, 0.2) is 24.3 Å². The second-order valence-electron chi connectivity index (χ2n) is 5.86. The van der Waals surface area contributed by atoms with E-state index >= 15 is 0 Å². The van der Waals surface area contributed by atoms with Crippen molar-refractivity contribution in [1.29, 1.82) is 0 Å². The van der Waals surface area contributed by atoms with Crippen molar-refractivity contribution in [3.63, 3.8) is 0 Å². The highest BCUT2D eigenvalue weighted by Gasteiger charge is 2.31. The second-order valence-corrected chi connectivity index (χ2v) is 5.86. The lowest BCUT2D eigenvalue weighted by Crippen LogP contribution is -2.24. The summed E-state index contributed by atoms with van der Waals surface area (Å²) in [4.78, 5) is 0. The van der Waals surface area contributed by atoms with Gasteiger partial charge in [-0.05, 0) is 61.8 Å². The third-order valence-electron chi connectivity index (χ3n) is 3.65. The van der Waals surface area contributed by atoms with E-state index in [0.29, 0.717) is 6.04 Å². The first-order valence-electron chi connectivity index (χ1n) is 7.15. The van der Waals surface area contributed by atoms with Crippen molar-refractivity contribution in [3.05, 3.63) is 35.6 Å². The Labute approximate surface area is 110 Å². The summed E-state index contributed by atoms with van der Waals surface area (Å²) in [6, 6.07) is 7.42. The molecule has 1 aliphatic carbocycles. The van der Waals surface area contributed by atoms with Gasteiger partial charge in [0.1, 0.15) is 5.82 Å². The van der Waals surface area contributed by atoms with E-state index in [9.17, 15) is 4.39 Å². The molecule has 1 atom stereocenters. The zero-order chi connectivity index (χ0) is 13.0. The first kappa shape index (κ1) is 13.5. The molecular weight excluding hydrogens is 225 g/mol. The van der Waals surface area contributed by atoms with Crippen molar-refractivity contribution >= 4 is 0 Å². The standard InChI is InChI=1S/C16H24FN/c1-12(2)4-3-11-18-16(13-5-6-13)14-7-9-15(17)10-8-14/h7-10,12-13,16,18H,3-6,11H2,1-2H3. The highest BCUT2D eigenvalue weighted by Crippen LogP contribution is 2.40. The minimum Gasteiger partial charge on any atom is -0.310 e. The molecule has 0 aliphatic heterocycles. The fourth-order valence-electron chi connectivity index (χ4n) is 2.42. The van der Waals surface area contributed by atoms with Crippen LogP contribution in [-0.4, -0.2) is 6.54 Å². The van der Waals surface area contributed by atoms with Gasteiger partial charge in [-0.25, -0.2) is 4.39 Å². The summed E-state index contributed by atoms with van der Waals surface area (Å²) in [5.41, 5.74) is 1.24. The fraction of sp³-hybridized carbons (Fsp3) is 0.625. The van der Waals surface area contributed by atoms with Crippen LogP contribution in [-0.2, 0) is 0 Å². The number of benzene rings is 1.